The van der Waals surface area contributed by atoms with Crippen LogP contribution in [0.5, 0.6) is 17.2 Å². The predicted octanol–water partition coefficient (Wildman–Crippen LogP) is 1.45. The fourth-order valence-electron chi connectivity index (χ4n) is 1.65. The third kappa shape index (κ3) is 1.32. The van der Waals surface area contributed by atoms with Crippen LogP contribution in [0.25, 0.3) is 0 Å². The average Bonchev–Trinajstić information content (AvgIpc) is 2.96. The van der Waals surface area contributed by atoms with Gasteiger partial charge in [0.25, 0.3) is 0 Å². The summed E-state index contributed by atoms with van der Waals surface area (Å²) in [4.78, 5) is 0. The Bertz CT molecular complexity index is 495. The Morgan fingerprint density at radius 1 is 1.12 bits per heavy atom. The number of para-hydroxylation sites is 1. The number of methoxy groups -OCH3 is 1. The highest BCUT2D eigenvalue weighted by molar-refractivity contribution is 6.62. The molecule has 0 aliphatic carbocycles. The lowest BCUT2D eigenvalue weighted by atomic mass is 9.87. The van der Waals surface area contributed by atoms with Crippen LogP contribution in [0.3, 0.4) is 0 Å². The van der Waals surface area contributed by atoms with E-state index in [1.165, 1.54) is 0 Å². The lowest BCUT2D eigenvalue weighted by Crippen LogP contribution is -2.37. The van der Waals surface area contributed by atoms with Gasteiger partial charge >= 0.3 is 7.12 Å². The summed E-state index contributed by atoms with van der Waals surface area (Å²) < 4.78 is 21.6. The number of fused-ring (bicyclic) bond motifs is 1. The van der Waals surface area contributed by atoms with Crippen molar-refractivity contribution in [3.05, 3.63) is 36.6 Å². The summed E-state index contributed by atoms with van der Waals surface area (Å²) in [6, 6.07) is 9.12. The van der Waals surface area contributed by atoms with Gasteiger partial charge in [-0.15, -0.1) is 0 Å². The van der Waals surface area contributed by atoms with Crippen LogP contribution in [0.2, 0.25) is 0 Å². The minimum Gasteiger partial charge on any atom is -0.517 e. The maximum absolute atomic E-state index is 5.63. The van der Waals surface area contributed by atoms with Crippen molar-refractivity contribution in [3.8, 4) is 17.2 Å². The SMILES string of the molecule is COc1cccc2c1OB(c1ccco1)O2. The lowest BCUT2D eigenvalue weighted by molar-refractivity contribution is 0.396. The first-order valence-corrected chi connectivity index (χ1v) is 4.92. The molecule has 0 N–H and O–H groups in total. The van der Waals surface area contributed by atoms with Crippen LogP contribution < -0.4 is 19.7 Å². The van der Waals surface area contributed by atoms with E-state index in [0.717, 1.165) is 0 Å². The number of furan rings is 1. The zero-order chi connectivity index (χ0) is 11.0. The number of benzene rings is 1. The van der Waals surface area contributed by atoms with Crippen LogP contribution in [0.15, 0.2) is 41.0 Å². The van der Waals surface area contributed by atoms with E-state index in [0.29, 0.717) is 22.9 Å². The summed E-state index contributed by atoms with van der Waals surface area (Å²) in [5, 5.41) is 0. The van der Waals surface area contributed by atoms with E-state index < -0.39 is 7.12 Å². The fourth-order valence-corrected chi connectivity index (χ4v) is 1.65. The maximum atomic E-state index is 5.63. The number of hydrogen-bond acceptors (Lipinski definition) is 4. The molecule has 2 heterocycles. The Morgan fingerprint density at radius 2 is 2.06 bits per heavy atom. The summed E-state index contributed by atoms with van der Waals surface area (Å²) in [6.07, 6.45) is 1.59. The Labute approximate surface area is 92.9 Å². The molecule has 0 bridgehead atoms. The number of rotatable bonds is 2. The summed E-state index contributed by atoms with van der Waals surface area (Å²) >= 11 is 0. The molecule has 1 aromatic carbocycles. The maximum Gasteiger partial charge on any atom is 0.671 e. The fraction of sp³-hybridized carbons (Fsp3) is 0.0909. The minimum absolute atomic E-state index is 0.527. The van der Waals surface area contributed by atoms with Crippen LogP contribution in [0, 0.1) is 0 Å². The van der Waals surface area contributed by atoms with Crippen molar-refractivity contribution in [3.63, 3.8) is 0 Å². The first-order chi connectivity index (χ1) is 7.88. The molecule has 0 saturated heterocycles. The zero-order valence-electron chi connectivity index (χ0n) is 8.67. The molecule has 0 saturated carbocycles. The van der Waals surface area contributed by atoms with Gasteiger partial charge in [0, 0.05) is 0 Å². The Balaban J connectivity index is 1.94. The van der Waals surface area contributed by atoms with Gasteiger partial charge in [-0.2, -0.15) is 0 Å². The zero-order valence-corrected chi connectivity index (χ0v) is 8.67. The van der Waals surface area contributed by atoms with Crippen LogP contribution in [0.1, 0.15) is 0 Å². The van der Waals surface area contributed by atoms with E-state index in [2.05, 4.69) is 0 Å². The van der Waals surface area contributed by atoms with Crippen molar-refractivity contribution < 1.29 is 18.5 Å². The third-order valence-electron chi connectivity index (χ3n) is 2.40. The van der Waals surface area contributed by atoms with Gasteiger partial charge in [0.1, 0.15) is 5.75 Å². The van der Waals surface area contributed by atoms with Crippen LogP contribution >= 0.6 is 0 Å². The van der Waals surface area contributed by atoms with E-state index in [1.807, 2.05) is 24.3 Å². The van der Waals surface area contributed by atoms with E-state index in [9.17, 15) is 0 Å². The van der Waals surface area contributed by atoms with Gasteiger partial charge in [-0.1, -0.05) is 6.07 Å². The van der Waals surface area contributed by atoms with Crippen molar-refractivity contribution in [1.29, 1.82) is 0 Å². The molecular formula is C11H9BO4. The molecule has 0 unspecified atom stereocenters. The van der Waals surface area contributed by atoms with Gasteiger partial charge in [-0.05, 0) is 24.3 Å². The van der Waals surface area contributed by atoms with Crippen molar-refractivity contribution in [2.75, 3.05) is 7.11 Å². The summed E-state index contributed by atoms with van der Waals surface area (Å²) in [5.41, 5.74) is 0.637. The van der Waals surface area contributed by atoms with Crippen LogP contribution in [-0.4, -0.2) is 14.2 Å². The Morgan fingerprint density at radius 3 is 2.81 bits per heavy atom. The van der Waals surface area contributed by atoms with Crippen molar-refractivity contribution >= 4 is 12.8 Å². The lowest BCUT2D eigenvalue weighted by Gasteiger charge is -2.04. The molecular weight excluding hydrogens is 207 g/mol. The monoisotopic (exact) mass is 216 g/mol. The topological polar surface area (TPSA) is 40.8 Å². The largest absolute Gasteiger partial charge is 0.671 e. The third-order valence-corrected chi connectivity index (χ3v) is 2.40. The first kappa shape index (κ1) is 9.21. The van der Waals surface area contributed by atoms with E-state index in [4.69, 9.17) is 18.5 Å². The molecule has 4 nitrogen and oxygen atoms in total. The number of hydrogen-bond donors (Lipinski definition) is 0. The van der Waals surface area contributed by atoms with Gasteiger partial charge in [0.15, 0.2) is 17.2 Å². The molecule has 1 aliphatic rings. The second-order valence-electron chi connectivity index (χ2n) is 3.37. The summed E-state index contributed by atoms with van der Waals surface area (Å²) in [6.45, 7) is 0. The quantitative estimate of drug-likeness (QED) is 0.712. The minimum atomic E-state index is -0.527. The van der Waals surface area contributed by atoms with Crippen LogP contribution in [0.4, 0.5) is 0 Å². The second kappa shape index (κ2) is 3.52. The molecule has 0 fully saturated rings. The molecule has 1 aliphatic heterocycles. The molecule has 0 radical (unpaired) electrons. The van der Waals surface area contributed by atoms with E-state index in [-0.39, 0.29) is 0 Å². The molecule has 0 atom stereocenters. The summed E-state index contributed by atoms with van der Waals surface area (Å²) in [5.74, 6) is 1.94. The second-order valence-corrected chi connectivity index (χ2v) is 3.37. The van der Waals surface area contributed by atoms with E-state index in [1.54, 1.807) is 19.4 Å². The smallest absolute Gasteiger partial charge is 0.517 e. The van der Waals surface area contributed by atoms with Gasteiger partial charge < -0.3 is 18.5 Å². The molecule has 5 heteroatoms. The predicted molar refractivity (Wildman–Crippen MR) is 58.3 cm³/mol. The molecule has 0 amide bonds. The molecule has 1 aromatic heterocycles. The highest BCUT2D eigenvalue weighted by Gasteiger charge is 2.38. The normalized spacial score (nSPS) is 12.9. The van der Waals surface area contributed by atoms with Crippen molar-refractivity contribution in [1.82, 2.24) is 0 Å². The van der Waals surface area contributed by atoms with Gasteiger partial charge in [-0.25, -0.2) is 0 Å². The highest BCUT2D eigenvalue weighted by Crippen LogP contribution is 2.41. The van der Waals surface area contributed by atoms with Crippen molar-refractivity contribution in [2.24, 2.45) is 0 Å². The standard InChI is InChI=1S/C11H9BO4/c1-13-8-4-2-5-9-11(8)16-12(15-9)10-6-3-7-14-10/h2-7H,1H3. The molecule has 3 rings (SSSR count). The first-order valence-electron chi connectivity index (χ1n) is 4.92. The average molecular weight is 216 g/mol. The highest BCUT2D eigenvalue weighted by atomic mass is 16.6. The van der Waals surface area contributed by atoms with Crippen molar-refractivity contribution in [2.45, 2.75) is 0 Å². The van der Waals surface area contributed by atoms with Gasteiger partial charge in [0.05, 0.1) is 13.4 Å². The van der Waals surface area contributed by atoms with Crippen LogP contribution in [-0.2, 0) is 0 Å². The van der Waals surface area contributed by atoms with Gasteiger partial charge in [0.2, 0.25) is 0 Å². The summed E-state index contributed by atoms with van der Waals surface area (Å²) in [7, 11) is 1.07. The molecule has 2 aromatic rings. The molecule has 0 spiro atoms. The Kier molecular flexibility index (Phi) is 2.03. The van der Waals surface area contributed by atoms with Gasteiger partial charge in [-0.3, -0.25) is 0 Å². The number of ether oxygens (including phenoxy) is 1. The van der Waals surface area contributed by atoms with E-state index >= 15 is 0 Å². The molecule has 80 valence electrons. The Hall–Kier alpha value is -2.04. The molecule has 16 heavy (non-hydrogen) atoms.